The zero-order chi connectivity index (χ0) is 15.4. The van der Waals surface area contributed by atoms with Gasteiger partial charge in [0, 0.05) is 6.07 Å². The van der Waals surface area contributed by atoms with E-state index >= 15 is 0 Å². The van der Waals surface area contributed by atoms with E-state index in [4.69, 9.17) is 0 Å². The van der Waals surface area contributed by atoms with Crippen LogP contribution in [0.15, 0.2) is 18.2 Å². The van der Waals surface area contributed by atoms with Gasteiger partial charge in [0.25, 0.3) is 5.91 Å². The van der Waals surface area contributed by atoms with Gasteiger partial charge in [-0.05, 0) is 44.7 Å². The number of hydrogen-bond donors (Lipinski definition) is 1. The molecule has 2 amide bonds. The van der Waals surface area contributed by atoms with Gasteiger partial charge in [-0.2, -0.15) is 0 Å². The van der Waals surface area contributed by atoms with Crippen LogP contribution in [0.25, 0.3) is 0 Å². The Morgan fingerprint density at radius 2 is 1.76 bits per heavy atom. The van der Waals surface area contributed by atoms with E-state index in [1.54, 1.807) is 13.8 Å². The van der Waals surface area contributed by atoms with Crippen LogP contribution in [0.3, 0.4) is 0 Å². The maximum Gasteiger partial charge on any atom is 0.253 e. The van der Waals surface area contributed by atoms with Crippen LogP contribution in [0.4, 0.5) is 14.5 Å². The minimum Gasteiger partial charge on any atom is -0.340 e. The third kappa shape index (κ3) is 2.18. The summed E-state index contributed by atoms with van der Waals surface area (Å²) in [4.78, 5) is 26.1. The number of nitrogens with one attached hydrogen (secondary N) is 1. The lowest BCUT2D eigenvalue weighted by atomic mass is 9.89. The van der Waals surface area contributed by atoms with Crippen molar-refractivity contribution in [3.05, 3.63) is 29.8 Å². The number of benzene rings is 1. The molecule has 2 atom stereocenters. The molecule has 1 saturated heterocycles. The first kappa shape index (κ1) is 14.0. The molecule has 0 aromatic heterocycles. The number of halogens is 2. The Morgan fingerprint density at radius 1 is 1.19 bits per heavy atom. The first-order valence-electron chi connectivity index (χ1n) is 6.94. The molecule has 0 radical (unpaired) electrons. The van der Waals surface area contributed by atoms with Gasteiger partial charge in [-0.1, -0.05) is 0 Å². The summed E-state index contributed by atoms with van der Waals surface area (Å²) in [5.74, 6) is -2.09. The number of carbonyl (C=O) groups excluding carboxylic acids is 2. The standard InChI is InChI=1S/C15H16F2N2O2/c1-8-13(20)18-15(2,9-3-4-9)14(21)19(8)12-6-10(16)5-11(17)7-12/h5-9H,3-4H2,1-2H3,(H,18,20). The summed E-state index contributed by atoms with van der Waals surface area (Å²) in [5.41, 5.74) is -0.918. The van der Waals surface area contributed by atoms with E-state index in [-0.39, 0.29) is 23.4 Å². The highest BCUT2D eigenvalue weighted by Crippen LogP contribution is 2.43. The highest BCUT2D eigenvalue weighted by atomic mass is 19.1. The molecule has 1 aliphatic carbocycles. The molecule has 112 valence electrons. The number of anilines is 1. The first-order chi connectivity index (χ1) is 9.83. The quantitative estimate of drug-likeness (QED) is 0.907. The van der Waals surface area contributed by atoms with E-state index in [0.29, 0.717) is 0 Å². The molecule has 0 spiro atoms. The van der Waals surface area contributed by atoms with Crippen molar-refractivity contribution >= 4 is 17.5 Å². The predicted molar refractivity (Wildman–Crippen MR) is 72.6 cm³/mol. The fourth-order valence-corrected chi connectivity index (χ4v) is 2.91. The fraction of sp³-hybridized carbons (Fsp3) is 0.467. The number of nitrogens with zero attached hydrogens (tertiary/aromatic N) is 1. The molecule has 2 unspecified atom stereocenters. The number of rotatable bonds is 2. The molecular formula is C15H16F2N2O2. The van der Waals surface area contributed by atoms with Crippen molar-refractivity contribution in [1.29, 1.82) is 0 Å². The van der Waals surface area contributed by atoms with Gasteiger partial charge in [0.1, 0.15) is 23.2 Å². The van der Waals surface area contributed by atoms with Gasteiger partial charge in [-0.25, -0.2) is 8.78 Å². The van der Waals surface area contributed by atoms with E-state index in [9.17, 15) is 18.4 Å². The lowest BCUT2D eigenvalue weighted by Crippen LogP contribution is -2.69. The highest BCUT2D eigenvalue weighted by Gasteiger charge is 2.54. The molecular weight excluding hydrogens is 278 g/mol. The maximum atomic E-state index is 13.4. The summed E-state index contributed by atoms with van der Waals surface area (Å²) in [7, 11) is 0. The van der Waals surface area contributed by atoms with Crippen LogP contribution in [0.5, 0.6) is 0 Å². The molecule has 1 saturated carbocycles. The molecule has 1 aromatic carbocycles. The monoisotopic (exact) mass is 294 g/mol. The van der Waals surface area contributed by atoms with Gasteiger partial charge in [0.15, 0.2) is 0 Å². The van der Waals surface area contributed by atoms with Crippen molar-refractivity contribution < 1.29 is 18.4 Å². The van der Waals surface area contributed by atoms with E-state index in [0.717, 1.165) is 31.0 Å². The van der Waals surface area contributed by atoms with Gasteiger partial charge in [0.05, 0.1) is 5.69 Å². The molecule has 0 bridgehead atoms. The molecule has 6 heteroatoms. The van der Waals surface area contributed by atoms with E-state index < -0.39 is 23.2 Å². The first-order valence-corrected chi connectivity index (χ1v) is 6.94. The summed E-state index contributed by atoms with van der Waals surface area (Å²) in [6.07, 6.45) is 1.73. The van der Waals surface area contributed by atoms with E-state index in [2.05, 4.69) is 5.32 Å². The smallest absolute Gasteiger partial charge is 0.253 e. The minimum atomic E-state index is -0.994. The predicted octanol–water partition coefficient (Wildman–Crippen LogP) is 1.98. The van der Waals surface area contributed by atoms with Crippen molar-refractivity contribution in [3.63, 3.8) is 0 Å². The summed E-state index contributed by atoms with van der Waals surface area (Å²) in [5, 5.41) is 2.77. The van der Waals surface area contributed by atoms with Crippen LogP contribution in [-0.2, 0) is 9.59 Å². The van der Waals surface area contributed by atoms with Crippen LogP contribution in [0.1, 0.15) is 26.7 Å². The zero-order valence-corrected chi connectivity index (χ0v) is 11.8. The number of piperazine rings is 1. The van der Waals surface area contributed by atoms with E-state index in [1.165, 1.54) is 4.90 Å². The van der Waals surface area contributed by atoms with Gasteiger partial charge >= 0.3 is 0 Å². The number of carbonyl (C=O) groups is 2. The van der Waals surface area contributed by atoms with Crippen LogP contribution >= 0.6 is 0 Å². The Kier molecular flexibility index (Phi) is 3.00. The van der Waals surface area contributed by atoms with Gasteiger partial charge < -0.3 is 5.32 Å². The van der Waals surface area contributed by atoms with Gasteiger partial charge in [0.2, 0.25) is 5.91 Å². The lowest BCUT2D eigenvalue weighted by Gasteiger charge is -2.43. The van der Waals surface area contributed by atoms with Crippen molar-refractivity contribution in [3.8, 4) is 0 Å². The zero-order valence-electron chi connectivity index (χ0n) is 11.8. The lowest BCUT2D eigenvalue weighted by molar-refractivity contribution is -0.138. The highest BCUT2D eigenvalue weighted by molar-refractivity contribution is 6.10. The summed E-state index contributed by atoms with van der Waals surface area (Å²) < 4.78 is 26.8. The SMILES string of the molecule is CC1C(=O)NC(C)(C2CC2)C(=O)N1c1cc(F)cc(F)c1. The topological polar surface area (TPSA) is 49.4 Å². The third-order valence-electron chi connectivity index (χ3n) is 4.33. The summed E-state index contributed by atoms with van der Waals surface area (Å²) in [6.45, 7) is 3.22. The average Bonchev–Trinajstić information content (AvgIpc) is 3.20. The molecule has 1 heterocycles. The number of hydrogen-bond acceptors (Lipinski definition) is 2. The van der Waals surface area contributed by atoms with Crippen molar-refractivity contribution in [2.45, 2.75) is 38.3 Å². The van der Waals surface area contributed by atoms with Crippen LogP contribution < -0.4 is 10.2 Å². The Bertz CT molecular complexity index is 610. The Balaban J connectivity index is 2.05. The Morgan fingerprint density at radius 3 is 2.29 bits per heavy atom. The van der Waals surface area contributed by atoms with Gasteiger partial charge in [-0.15, -0.1) is 0 Å². The largest absolute Gasteiger partial charge is 0.340 e. The summed E-state index contributed by atoms with van der Waals surface area (Å²) in [6, 6.07) is 2.08. The molecule has 1 aromatic rings. The van der Waals surface area contributed by atoms with Crippen LogP contribution in [0.2, 0.25) is 0 Å². The van der Waals surface area contributed by atoms with Crippen molar-refractivity contribution in [2.24, 2.45) is 5.92 Å². The van der Waals surface area contributed by atoms with E-state index in [1.807, 2.05) is 0 Å². The molecule has 1 N–H and O–H groups in total. The second-order valence-electron chi connectivity index (χ2n) is 5.94. The van der Waals surface area contributed by atoms with Gasteiger partial charge in [-0.3, -0.25) is 14.5 Å². The summed E-state index contributed by atoms with van der Waals surface area (Å²) >= 11 is 0. The van der Waals surface area contributed by atoms with Crippen LogP contribution in [0, 0.1) is 17.6 Å². The Labute approximate surface area is 121 Å². The molecule has 2 aliphatic rings. The molecule has 21 heavy (non-hydrogen) atoms. The molecule has 3 rings (SSSR count). The Hall–Kier alpha value is -1.98. The fourth-order valence-electron chi connectivity index (χ4n) is 2.91. The van der Waals surface area contributed by atoms with Crippen molar-refractivity contribution in [1.82, 2.24) is 5.32 Å². The number of amides is 2. The third-order valence-corrected chi connectivity index (χ3v) is 4.33. The molecule has 1 aliphatic heterocycles. The molecule has 2 fully saturated rings. The van der Waals surface area contributed by atoms with Crippen LogP contribution in [-0.4, -0.2) is 23.4 Å². The molecule has 4 nitrogen and oxygen atoms in total. The van der Waals surface area contributed by atoms with Crippen molar-refractivity contribution in [2.75, 3.05) is 4.90 Å². The minimum absolute atomic E-state index is 0.0757. The second kappa shape index (κ2) is 4.51. The second-order valence-corrected chi connectivity index (χ2v) is 5.94. The average molecular weight is 294 g/mol. The maximum absolute atomic E-state index is 13.4. The normalized spacial score (nSPS) is 29.5.